The highest BCUT2D eigenvalue weighted by Crippen LogP contribution is 2.22. The van der Waals surface area contributed by atoms with E-state index >= 15 is 0 Å². The number of nitro benzene ring substituents is 1. The Hall–Kier alpha value is -3.94. The zero-order valence-corrected chi connectivity index (χ0v) is 15.2. The van der Waals surface area contributed by atoms with E-state index in [2.05, 4.69) is 5.32 Å². The number of nitrogens with zero attached hydrogens (tertiary/aromatic N) is 1. The van der Waals surface area contributed by atoms with Crippen LogP contribution in [-0.2, 0) is 11.4 Å². The molecular weight excluding hydrogens is 379 g/mol. The van der Waals surface area contributed by atoms with Crippen LogP contribution in [0.3, 0.4) is 0 Å². The quantitative estimate of drug-likeness (QED) is 0.452. The van der Waals surface area contributed by atoms with Crippen LogP contribution < -0.4 is 14.8 Å². The monoisotopic (exact) mass is 396 g/mol. The molecule has 0 saturated carbocycles. The first-order valence-electron chi connectivity index (χ1n) is 8.64. The van der Waals surface area contributed by atoms with Crippen LogP contribution in [0.15, 0.2) is 72.8 Å². The van der Waals surface area contributed by atoms with Gasteiger partial charge < -0.3 is 14.8 Å². The van der Waals surface area contributed by atoms with Crippen LogP contribution in [0.2, 0.25) is 0 Å². The third-order valence-electron chi connectivity index (χ3n) is 3.87. The lowest BCUT2D eigenvalue weighted by molar-refractivity contribution is -0.387. The first-order chi connectivity index (χ1) is 14.0. The number of rotatable bonds is 8. The second-order valence-corrected chi connectivity index (χ2v) is 6.01. The number of ether oxygens (including phenoxy) is 2. The average Bonchev–Trinajstić information content (AvgIpc) is 2.73. The van der Waals surface area contributed by atoms with Crippen LogP contribution in [0.1, 0.15) is 5.56 Å². The molecular formula is C21H17FN2O5. The molecule has 3 aromatic rings. The van der Waals surface area contributed by atoms with Crippen LogP contribution in [0.25, 0.3) is 0 Å². The van der Waals surface area contributed by atoms with Crippen molar-refractivity contribution in [2.45, 2.75) is 6.61 Å². The molecule has 0 aliphatic heterocycles. The number of carbonyl (C=O) groups excluding carboxylic acids is 1. The van der Waals surface area contributed by atoms with Crippen LogP contribution in [0.5, 0.6) is 11.5 Å². The molecule has 0 unspecified atom stereocenters. The second kappa shape index (κ2) is 9.32. The van der Waals surface area contributed by atoms with E-state index in [0.29, 0.717) is 18.1 Å². The molecule has 0 spiro atoms. The third-order valence-corrected chi connectivity index (χ3v) is 3.87. The summed E-state index contributed by atoms with van der Waals surface area (Å²) in [5, 5.41) is 13.2. The lowest BCUT2D eigenvalue weighted by Gasteiger charge is -2.09. The van der Waals surface area contributed by atoms with E-state index in [1.165, 1.54) is 6.07 Å². The fraction of sp³-hybridized carbons (Fsp3) is 0.0952. The summed E-state index contributed by atoms with van der Waals surface area (Å²) in [6.07, 6.45) is 0. The molecule has 0 fully saturated rings. The predicted octanol–water partition coefficient (Wildman–Crippen LogP) is 4.33. The maximum Gasteiger partial charge on any atom is 0.306 e. The van der Waals surface area contributed by atoms with Gasteiger partial charge in [0, 0.05) is 11.8 Å². The molecule has 0 aromatic heterocycles. The molecule has 3 aromatic carbocycles. The minimum Gasteiger partial charge on any atom is -0.489 e. The van der Waals surface area contributed by atoms with Gasteiger partial charge in [-0.2, -0.15) is 4.39 Å². The SMILES string of the molecule is O=C(COc1ccc(OCc2ccccc2)cc1)Nc1ccc(F)c([N+](=O)[O-])c1. The Kier molecular flexibility index (Phi) is 6.36. The zero-order valence-electron chi connectivity index (χ0n) is 15.2. The molecule has 0 aliphatic rings. The highest BCUT2D eigenvalue weighted by molar-refractivity contribution is 5.92. The molecule has 0 bridgehead atoms. The van der Waals surface area contributed by atoms with Crippen molar-refractivity contribution in [2.24, 2.45) is 0 Å². The number of nitrogens with one attached hydrogen (secondary N) is 1. The van der Waals surface area contributed by atoms with Gasteiger partial charge in [-0.1, -0.05) is 30.3 Å². The largest absolute Gasteiger partial charge is 0.489 e. The van der Waals surface area contributed by atoms with Crippen LogP contribution >= 0.6 is 0 Å². The predicted molar refractivity (Wildman–Crippen MR) is 104 cm³/mol. The summed E-state index contributed by atoms with van der Waals surface area (Å²) in [5.41, 5.74) is 0.441. The van der Waals surface area contributed by atoms with Gasteiger partial charge in [0.25, 0.3) is 5.91 Å². The summed E-state index contributed by atoms with van der Waals surface area (Å²) >= 11 is 0. The van der Waals surface area contributed by atoms with Crippen LogP contribution in [0.4, 0.5) is 15.8 Å². The zero-order chi connectivity index (χ0) is 20.6. The number of nitro groups is 1. The molecule has 1 amide bonds. The Balaban J connectivity index is 1.49. The van der Waals surface area contributed by atoms with Crippen molar-refractivity contribution in [2.75, 3.05) is 11.9 Å². The Labute approximate surface area is 165 Å². The van der Waals surface area contributed by atoms with Crippen molar-refractivity contribution < 1.29 is 23.6 Å². The summed E-state index contributed by atoms with van der Waals surface area (Å²) < 4.78 is 24.4. The highest BCUT2D eigenvalue weighted by atomic mass is 19.1. The summed E-state index contributed by atoms with van der Waals surface area (Å²) in [5.74, 6) is -0.393. The molecule has 0 saturated heterocycles. The van der Waals surface area contributed by atoms with Gasteiger partial charge in [-0.3, -0.25) is 14.9 Å². The summed E-state index contributed by atoms with van der Waals surface area (Å²) in [7, 11) is 0. The third kappa shape index (κ3) is 5.77. The fourth-order valence-electron chi connectivity index (χ4n) is 2.45. The molecule has 0 atom stereocenters. The van der Waals surface area contributed by atoms with Gasteiger partial charge in [-0.25, -0.2) is 0 Å². The number of halogens is 1. The summed E-state index contributed by atoms with van der Waals surface area (Å²) in [4.78, 5) is 21.8. The fourth-order valence-corrected chi connectivity index (χ4v) is 2.45. The van der Waals surface area contributed by atoms with E-state index in [4.69, 9.17) is 9.47 Å². The molecule has 0 radical (unpaired) electrons. The first kappa shape index (κ1) is 19.8. The Morgan fingerprint density at radius 2 is 1.62 bits per heavy atom. The molecule has 148 valence electrons. The van der Waals surface area contributed by atoms with E-state index in [0.717, 1.165) is 17.7 Å². The van der Waals surface area contributed by atoms with Crippen molar-refractivity contribution in [3.63, 3.8) is 0 Å². The smallest absolute Gasteiger partial charge is 0.306 e. The van der Waals surface area contributed by atoms with E-state index < -0.39 is 22.3 Å². The molecule has 29 heavy (non-hydrogen) atoms. The van der Waals surface area contributed by atoms with Crippen LogP contribution in [-0.4, -0.2) is 17.4 Å². The topological polar surface area (TPSA) is 90.7 Å². The highest BCUT2D eigenvalue weighted by Gasteiger charge is 2.15. The minimum absolute atomic E-state index is 0.108. The van der Waals surface area contributed by atoms with Crippen molar-refractivity contribution in [1.82, 2.24) is 0 Å². The molecule has 3 rings (SSSR count). The lowest BCUT2D eigenvalue weighted by Crippen LogP contribution is -2.20. The van der Waals surface area contributed by atoms with Gasteiger partial charge in [0.2, 0.25) is 5.82 Å². The van der Waals surface area contributed by atoms with E-state index in [-0.39, 0.29) is 12.3 Å². The second-order valence-electron chi connectivity index (χ2n) is 6.01. The number of carbonyl (C=O) groups is 1. The number of hydrogen-bond donors (Lipinski definition) is 1. The number of hydrogen-bond acceptors (Lipinski definition) is 5. The number of benzene rings is 3. The Morgan fingerprint density at radius 3 is 2.28 bits per heavy atom. The minimum atomic E-state index is -0.973. The summed E-state index contributed by atoms with van der Waals surface area (Å²) in [6, 6.07) is 19.6. The van der Waals surface area contributed by atoms with E-state index in [1.807, 2.05) is 30.3 Å². The molecule has 0 heterocycles. The molecule has 0 aliphatic carbocycles. The van der Waals surface area contributed by atoms with Crippen molar-refractivity contribution >= 4 is 17.3 Å². The van der Waals surface area contributed by atoms with Crippen molar-refractivity contribution in [3.8, 4) is 11.5 Å². The first-order valence-corrected chi connectivity index (χ1v) is 8.64. The maximum absolute atomic E-state index is 13.3. The average molecular weight is 396 g/mol. The molecule has 1 N–H and O–H groups in total. The van der Waals surface area contributed by atoms with Gasteiger partial charge in [0.15, 0.2) is 6.61 Å². The number of amides is 1. The van der Waals surface area contributed by atoms with E-state index in [1.54, 1.807) is 24.3 Å². The van der Waals surface area contributed by atoms with E-state index in [9.17, 15) is 19.3 Å². The normalized spacial score (nSPS) is 10.2. The lowest BCUT2D eigenvalue weighted by atomic mass is 10.2. The number of anilines is 1. The molecule has 7 nitrogen and oxygen atoms in total. The van der Waals surface area contributed by atoms with Gasteiger partial charge >= 0.3 is 5.69 Å². The van der Waals surface area contributed by atoms with Crippen molar-refractivity contribution in [3.05, 3.63) is 94.3 Å². The van der Waals surface area contributed by atoms with Gasteiger partial charge in [0.1, 0.15) is 18.1 Å². The Morgan fingerprint density at radius 1 is 0.966 bits per heavy atom. The van der Waals surface area contributed by atoms with Crippen molar-refractivity contribution in [1.29, 1.82) is 0 Å². The maximum atomic E-state index is 13.3. The van der Waals surface area contributed by atoms with Gasteiger partial charge in [0.05, 0.1) is 4.92 Å². The van der Waals surface area contributed by atoms with Gasteiger partial charge in [-0.15, -0.1) is 0 Å². The summed E-state index contributed by atoms with van der Waals surface area (Å²) in [6.45, 7) is 0.128. The molecule has 8 heteroatoms. The Bertz CT molecular complexity index is 994. The van der Waals surface area contributed by atoms with Gasteiger partial charge in [-0.05, 0) is 42.0 Å². The van der Waals surface area contributed by atoms with Crippen LogP contribution in [0, 0.1) is 15.9 Å². The standard InChI is InChI=1S/C21H17FN2O5/c22-19-11-6-16(12-20(19)24(26)27)23-21(25)14-29-18-9-7-17(8-10-18)28-13-15-4-2-1-3-5-15/h1-12H,13-14H2,(H,23,25).